The van der Waals surface area contributed by atoms with Crippen molar-refractivity contribution < 1.29 is 9.32 Å². The molecule has 1 aliphatic carbocycles. The van der Waals surface area contributed by atoms with Crippen LogP contribution in [0.25, 0.3) is 0 Å². The lowest BCUT2D eigenvalue weighted by molar-refractivity contribution is -0.136. The van der Waals surface area contributed by atoms with E-state index in [9.17, 15) is 4.79 Å². The van der Waals surface area contributed by atoms with E-state index < -0.39 is 0 Å². The molecule has 0 spiro atoms. The largest absolute Gasteiger partial charge is 0.361 e. The molecule has 2 aromatic rings. The van der Waals surface area contributed by atoms with Crippen molar-refractivity contribution in [1.82, 2.24) is 19.9 Å². The van der Waals surface area contributed by atoms with Gasteiger partial charge in [-0.05, 0) is 50.4 Å². The summed E-state index contributed by atoms with van der Waals surface area (Å²) < 4.78 is 5.41. The number of carbonyl (C=O) groups excluding carboxylic acids is 1. The first-order valence-electron chi connectivity index (χ1n) is 9.07. The summed E-state index contributed by atoms with van der Waals surface area (Å²) in [5.41, 5.74) is 1.78. The average Bonchev–Trinajstić information content (AvgIpc) is 3.14. The van der Waals surface area contributed by atoms with Crippen LogP contribution in [-0.4, -0.2) is 46.0 Å². The van der Waals surface area contributed by atoms with Gasteiger partial charge in [0.2, 0.25) is 5.91 Å². The Bertz CT molecular complexity index is 720. The number of nitrogens with zero attached hydrogens (tertiary/aromatic N) is 4. The zero-order chi connectivity index (χ0) is 17.2. The van der Waals surface area contributed by atoms with Crippen molar-refractivity contribution in [3.63, 3.8) is 0 Å². The lowest BCUT2D eigenvalue weighted by atomic mass is 10.1. The third kappa shape index (κ3) is 3.58. The summed E-state index contributed by atoms with van der Waals surface area (Å²) in [5.74, 6) is 1.58. The molecule has 132 valence electrons. The van der Waals surface area contributed by atoms with Crippen LogP contribution in [0.2, 0.25) is 0 Å². The van der Waals surface area contributed by atoms with Gasteiger partial charge in [0.1, 0.15) is 17.5 Å². The van der Waals surface area contributed by atoms with E-state index in [1.807, 2.05) is 25.2 Å². The Kier molecular flexibility index (Phi) is 4.53. The summed E-state index contributed by atoms with van der Waals surface area (Å²) in [5, 5.41) is 4.13. The minimum absolute atomic E-state index is 0.0888. The van der Waals surface area contributed by atoms with Crippen molar-refractivity contribution in [3.8, 4) is 0 Å². The quantitative estimate of drug-likeness (QED) is 0.809. The maximum absolute atomic E-state index is 13.2. The molecule has 1 amide bonds. The van der Waals surface area contributed by atoms with Gasteiger partial charge in [-0.15, -0.1) is 0 Å². The van der Waals surface area contributed by atoms with Crippen molar-refractivity contribution >= 4 is 5.91 Å². The first-order valence-corrected chi connectivity index (χ1v) is 9.07. The number of likely N-dealkylation sites (N-methyl/N-ethyl adjacent to an activating group) is 1. The number of pyridine rings is 1. The molecule has 1 saturated carbocycles. The summed E-state index contributed by atoms with van der Waals surface area (Å²) in [4.78, 5) is 21.4. The standard InChI is InChI=1S/C19H24N4O2/c1-22(13-16-11-17(25-21-16)14-6-7-14)19(24)18(23-9-2-3-10-23)15-5-4-8-20-12-15/h4-5,8,11-12,14,18H,2-3,6-7,9-10,13H2,1H3/t18-/m1/s1. The molecular formula is C19H24N4O2. The van der Waals surface area contributed by atoms with Crippen LogP contribution in [0, 0.1) is 0 Å². The highest BCUT2D eigenvalue weighted by atomic mass is 16.5. The number of hydrogen-bond acceptors (Lipinski definition) is 5. The Labute approximate surface area is 147 Å². The van der Waals surface area contributed by atoms with Crippen LogP contribution >= 0.6 is 0 Å². The van der Waals surface area contributed by atoms with E-state index in [4.69, 9.17) is 4.52 Å². The van der Waals surface area contributed by atoms with Crippen LogP contribution in [-0.2, 0) is 11.3 Å². The van der Waals surface area contributed by atoms with Gasteiger partial charge in [-0.25, -0.2) is 0 Å². The summed E-state index contributed by atoms with van der Waals surface area (Å²) in [6.45, 7) is 2.38. The molecule has 0 unspecified atom stereocenters. The molecule has 0 N–H and O–H groups in total. The molecule has 2 aliphatic rings. The number of rotatable bonds is 6. The minimum atomic E-state index is -0.268. The number of hydrogen-bond donors (Lipinski definition) is 0. The second kappa shape index (κ2) is 6.96. The fourth-order valence-corrected chi connectivity index (χ4v) is 3.54. The molecule has 25 heavy (non-hydrogen) atoms. The molecular weight excluding hydrogens is 316 g/mol. The van der Waals surface area contributed by atoms with E-state index in [-0.39, 0.29) is 11.9 Å². The summed E-state index contributed by atoms with van der Waals surface area (Å²) >= 11 is 0. The van der Waals surface area contributed by atoms with E-state index in [2.05, 4.69) is 15.0 Å². The Balaban J connectivity index is 1.50. The van der Waals surface area contributed by atoms with Gasteiger partial charge in [-0.3, -0.25) is 14.7 Å². The molecule has 1 aliphatic heterocycles. The van der Waals surface area contributed by atoms with Gasteiger partial charge in [-0.2, -0.15) is 0 Å². The van der Waals surface area contributed by atoms with Crippen LogP contribution in [0.15, 0.2) is 35.1 Å². The number of carbonyl (C=O) groups is 1. The van der Waals surface area contributed by atoms with E-state index in [0.717, 1.165) is 42.9 Å². The predicted molar refractivity (Wildman–Crippen MR) is 92.7 cm³/mol. The lowest BCUT2D eigenvalue weighted by Crippen LogP contribution is -2.40. The number of likely N-dealkylation sites (tertiary alicyclic amines) is 1. The zero-order valence-corrected chi connectivity index (χ0v) is 14.6. The van der Waals surface area contributed by atoms with Crippen LogP contribution in [0.3, 0.4) is 0 Å². The molecule has 1 saturated heterocycles. The van der Waals surface area contributed by atoms with Crippen LogP contribution in [0.5, 0.6) is 0 Å². The third-order valence-electron chi connectivity index (χ3n) is 5.07. The fraction of sp³-hybridized carbons (Fsp3) is 0.526. The normalized spacial score (nSPS) is 19.1. The minimum Gasteiger partial charge on any atom is -0.361 e. The Morgan fingerprint density at radius 2 is 2.20 bits per heavy atom. The predicted octanol–water partition coefficient (Wildman–Crippen LogP) is 2.74. The maximum Gasteiger partial charge on any atom is 0.244 e. The topological polar surface area (TPSA) is 62.5 Å². The second-order valence-electron chi connectivity index (χ2n) is 7.12. The Morgan fingerprint density at radius 1 is 1.40 bits per heavy atom. The van der Waals surface area contributed by atoms with Crippen LogP contribution in [0.1, 0.15) is 54.7 Å². The summed E-state index contributed by atoms with van der Waals surface area (Å²) in [6, 6.07) is 5.61. The van der Waals surface area contributed by atoms with E-state index in [1.165, 1.54) is 12.8 Å². The molecule has 6 heteroatoms. The molecule has 4 rings (SSSR count). The fourth-order valence-electron chi connectivity index (χ4n) is 3.54. The molecule has 2 aromatic heterocycles. The highest BCUT2D eigenvalue weighted by Crippen LogP contribution is 2.40. The van der Waals surface area contributed by atoms with Crippen LogP contribution < -0.4 is 0 Å². The van der Waals surface area contributed by atoms with Gasteiger partial charge in [0.15, 0.2) is 0 Å². The van der Waals surface area contributed by atoms with Gasteiger partial charge in [-0.1, -0.05) is 11.2 Å². The van der Waals surface area contributed by atoms with Gasteiger partial charge in [0, 0.05) is 31.4 Å². The van der Waals surface area contributed by atoms with E-state index in [0.29, 0.717) is 12.5 Å². The first-order chi connectivity index (χ1) is 12.2. The van der Waals surface area contributed by atoms with Crippen molar-refractivity contribution in [2.45, 2.75) is 44.2 Å². The lowest BCUT2D eigenvalue weighted by Gasteiger charge is -2.30. The monoisotopic (exact) mass is 340 g/mol. The van der Waals surface area contributed by atoms with Crippen molar-refractivity contribution in [1.29, 1.82) is 0 Å². The molecule has 0 radical (unpaired) electrons. The maximum atomic E-state index is 13.2. The Hall–Kier alpha value is -2.21. The number of amides is 1. The number of aromatic nitrogens is 2. The SMILES string of the molecule is CN(Cc1cc(C2CC2)on1)C(=O)[C@@H](c1cccnc1)N1CCCC1. The van der Waals surface area contributed by atoms with Crippen LogP contribution in [0.4, 0.5) is 0 Å². The van der Waals surface area contributed by atoms with Gasteiger partial charge in [0.25, 0.3) is 0 Å². The molecule has 6 nitrogen and oxygen atoms in total. The smallest absolute Gasteiger partial charge is 0.244 e. The second-order valence-corrected chi connectivity index (χ2v) is 7.12. The third-order valence-corrected chi connectivity index (χ3v) is 5.07. The average molecular weight is 340 g/mol. The molecule has 0 aromatic carbocycles. The highest BCUT2D eigenvalue weighted by molar-refractivity contribution is 5.83. The first kappa shape index (κ1) is 16.3. The van der Waals surface area contributed by atoms with Gasteiger partial charge < -0.3 is 9.42 Å². The molecule has 3 heterocycles. The Morgan fingerprint density at radius 3 is 2.88 bits per heavy atom. The van der Waals surface area contributed by atoms with Gasteiger partial charge in [0.05, 0.1) is 6.54 Å². The van der Waals surface area contributed by atoms with E-state index in [1.54, 1.807) is 17.3 Å². The van der Waals surface area contributed by atoms with E-state index >= 15 is 0 Å². The van der Waals surface area contributed by atoms with Crippen molar-refractivity contribution in [2.75, 3.05) is 20.1 Å². The van der Waals surface area contributed by atoms with Crippen molar-refractivity contribution in [2.24, 2.45) is 0 Å². The highest BCUT2D eigenvalue weighted by Gasteiger charge is 2.33. The van der Waals surface area contributed by atoms with Gasteiger partial charge >= 0.3 is 0 Å². The zero-order valence-electron chi connectivity index (χ0n) is 14.6. The van der Waals surface area contributed by atoms with Crippen molar-refractivity contribution in [3.05, 3.63) is 47.6 Å². The summed E-state index contributed by atoms with van der Waals surface area (Å²) in [7, 11) is 1.84. The summed E-state index contributed by atoms with van der Waals surface area (Å²) in [6.07, 6.45) is 8.19. The molecule has 1 atom stereocenters. The molecule has 0 bridgehead atoms. The molecule has 2 fully saturated rings.